The maximum absolute atomic E-state index is 12.5. The van der Waals surface area contributed by atoms with Gasteiger partial charge in [-0.15, -0.1) is 0 Å². The van der Waals surface area contributed by atoms with Crippen molar-refractivity contribution in [3.8, 4) is 0 Å². The number of nitrogens with one attached hydrogen (secondary N) is 1. The highest BCUT2D eigenvalue weighted by molar-refractivity contribution is 7.92. The lowest BCUT2D eigenvalue weighted by molar-refractivity contribution is 0.0982. The first-order valence-corrected chi connectivity index (χ1v) is 8.29. The molecular weight excluding hydrogens is 238 g/mol. The van der Waals surface area contributed by atoms with Crippen LogP contribution in [0.4, 0.5) is 0 Å². The molecule has 1 saturated heterocycles. The first-order valence-electron chi connectivity index (χ1n) is 6.68. The standard InChI is InChI=1S/C12H23NO3S/c1-2-13-10-3-4-12(9-10)17(14,15)11-5-7-16-8-6-11/h10-13H,2-9H2,1H3. The van der Waals surface area contributed by atoms with Crippen LogP contribution in [0.2, 0.25) is 0 Å². The van der Waals surface area contributed by atoms with Crippen molar-refractivity contribution >= 4 is 9.84 Å². The van der Waals surface area contributed by atoms with E-state index >= 15 is 0 Å². The average Bonchev–Trinajstić information content (AvgIpc) is 2.80. The summed E-state index contributed by atoms with van der Waals surface area (Å²) < 4.78 is 30.1. The number of ether oxygens (including phenoxy) is 1. The summed E-state index contributed by atoms with van der Waals surface area (Å²) in [5.74, 6) is 0. The summed E-state index contributed by atoms with van der Waals surface area (Å²) >= 11 is 0. The SMILES string of the molecule is CCNC1CCC(S(=O)(=O)C2CCOCC2)C1. The molecule has 0 aromatic heterocycles. The minimum absolute atomic E-state index is 0.116. The molecule has 5 heteroatoms. The van der Waals surface area contributed by atoms with Gasteiger partial charge in [0, 0.05) is 19.3 Å². The third-order valence-corrected chi connectivity index (χ3v) is 6.73. The Morgan fingerprint density at radius 1 is 1.12 bits per heavy atom. The molecule has 2 aliphatic rings. The number of sulfone groups is 1. The molecule has 1 N–H and O–H groups in total. The van der Waals surface area contributed by atoms with Crippen LogP contribution >= 0.6 is 0 Å². The minimum atomic E-state index is -2.93. The van der Waals surface area contributed by atoms with Crippen molar-refractivity contribution < 1.29 is 13.2 Å². The molecule has 1 heterocycles. The Balaban J connectivity index is 1.96. The summed E-state index contributed by atoms with van der Waals surface area (Å²) in [4.78, 5) is 0. The lowest BCUT2D eigenvalue weighted by atomic mass is 10.2. The molecule has 2 fully saturated rings. The second-order valence-electron chi connectivity index (χ2n) is 5.09. The highest BCUT2D eigenvalue weighted by atomic mass is 32.2. The van der Waals surface area contributed by atoms with Gasteiger partial charge in [-0.2, -0.15) is 0 Å². The summed E-state index contributed by atoms with van der Waals surface area (Å²) in [5, 5.41) is 3.09. The fourth-order valence-electron chi connectivity index (χ4n) is 2.99. The van der Waals surface area contributed by atoms with Crippen LogP contribution in [-0.4, -0.2) is 44.7 Å². The Morgan fingerprint density at radius 3 is 2.47 bits per heavy atom. The normalized spacial score (nSPS) is 31.8. The molecule has 0 amide bonds. The Labute approximate surface area is 104 Å². The van der Waals surface area contributed by atoms with E-state index in [1.165, 1.54) is 0 Å². The van der Waals surface area contributed by atoms with Crippen molar-refractivity contribution in [3.05, 3.63) is 0 Å². The van der Waals surface area contributed by atoms with Gasteiger partial charge in [0.2, 0.25) is 0 Å². The Bertz CT molecular complexity index is 336. The summed E-state index contributed by atoms with van der Waals surface area (Å²) in [6, 6.07) is 0.402. The van der Waals surface area contributed by atoms with Crippen molar-refractivity contribution in [3.63, 3.8) is 0 Å². The van der Waals surface area contributed by atoms with Crippen molar-refractivity contribution in [2.24, 2.45) is 0 Å². The van der Waals surface area contributed by atoms with Crippen LogP contribution in [0.5, 0.6) is 0 Å². The molecule has 17 heavy (non-hydrogen) atoms. The summed E-state index contributed by atoms with van der Waals surface area (Å²) in [5.41, 5.74) is 0. The molecule has 1 saturated carbocycles. The molecule has 2 rings (SSSR count). The van der Waals surface area contributed by atoms with Crippen molar-refractivity contribution in [1.29, 1.82) is 0 Å². The second kappa shape index (κ2) is 5.67. The Hall–Kier alpha value is -0.130. The van der Waals surface area contributed by atoms with E-state index in [9.17, 15) is 8.42 Å². The summed E-state index contributed by atoms with van der Waals surface area (Å²) in [6.07, 6.45) is 4.00. The maximum atomic E-state index is 12.5. The van der Waals surface area contributed by atoms with Gasteiger partial charge in [0.05, 0.1) is 10.5 Å². The van der Waals surface area contributed by atoms with Crippen LogP contribution in [0.25, 0.3) is 0 Å². The van der Waals surface area contributed by atoms with Gasteiger partial charge in [0.1, 0.15) is 0 Å². The van der Waals surface area contributed by atoms with Crippen LogP contribution < -0.4 is 5.32 Å². The molecule has 2 unspecified atom stereocenters. The predicted octanol–water partition coefficient (Wildman–Crippen LogP) is 1.11. The van der Waals surface area contributed by atoms with Crippen LogP contribution in [0.1, 0.15) is 39.0 Å². The van der Waals surface area contributed by atoms with Gasteiger partial charge in [-0.05, 0) is 38.6 Å². The van der Waals surface area contributed by atoms with Gasteiger partial charge in [-0.1, -0.05) is 6.92 Å². The summed E-state index contributed by atoms with van der Waals surface area (Å²) in [6.45, 7) is 4.20. The van der Waals surface area contributed by atoms with Gasteiger partial charge in [0.15, 0.2) is 9.84 Å². The van der Waals surface area contributed by atoms with E-state index in [4.69, 9.17) is 4.74 Å². The van der Waals surface area contributed by atoms with E-state index in [-0.39, 0.29) is 10.5 Å². The van der Waals surface area contributed by atoms with Crippen molar-refractivity contribution in [2.45, 2.75) is 55.6 Å². The Morgan fingerprint density at radius 2 is 1.82 bits per heavy atom. The van der Waals surface area contributed by atoms with Crippen LogP contribution in [-0.2, 0) is 14.6 Å². The fraction of sp³-hybridized carbons (Fsp3) is 1.00. The third kappa shape index (κ3) is 3.01. The quantitative estimate of drug-likeness (QED) is 0.823. The van der Waals surface area contributed by atoms with Gasteiger partial charge in [-0.3, -0.25) is 0 Å². The van der Waals surface area contributed by atoms with Crippen molar-refractivity contribution in [1.82, 2.24) is 5.32 Å². The molecule has 4 nitrogen and oxygen atoms in total. The van der Waals surface area contributed by atoms with Gasteiger partial charge < -0.3 is 10.1 Å². The number of hydrogen-bond donors (Lipinski definition) is 1. The molecular formula is C12H23NO3S. The lowest BCUT2D eigenvalue weighted by Gasteiger charge is -2.25. The van der Waals surface area contributed by atoms with E-state index < -0.39 is 9.84 Å². The van der Waals surface area contributed by atoms with Gasteiger partial charge >= 0.3 is 0 Å². The fourth-order valence-corrected chi connectivity index (χ4v) is 5.35. The molecule has 100 valence electrons. The molecule has 0 spiro atoms. The first kappa shape index (κ1) is 13.3. The van der Waals surface area contributed by atoms with Gasteiger partial charge in [0.25, 0.3) is 0 Å². The number of rotatable bonds is 4. The molecule has 0 aromatic rings. The highest BCUT2D eigenvalue weighted by Crippen LogP contribution is 2.30. The average molecular weight is 261 g/mol. The van der Waals surface area contributed by atoms with Crippen LogP contribution in [0, 0.1) is 0 Å². The smallest absolute Gasteiger partial charge is 0.156 e. The van der Waals surface area contributed by atoms with E-state index in [0.29, 0.717) is 32.1 Å². The monoisotopic (exact) mass is 261 g/mol. The Kier molecular flexibility index (Phi) is 4.44. The molecule has 1 aliphatic heterocycles. The van der Waals surface area contributed by atoms with Crippen molar-refractivity contribution in [2.75, 3.05) is 19.8 Å². The third-order valence-electron chi connectivity index (χ3n) is 3.97. The van der Waals surface area contributed by atoms with Crippen LogP contribution in [0.15, 0.2) is 0 Å². The first-order chi connectivity index (χ1) is 8.14. The second-order valence-corrected chi connectivity index (χ2v) is 7.60. The zero-order valence-electron chi connectivity index (χ0n) is 10.5. The zero-order chi connectivity index (χ0) is 12.3. The molecule has 0 radical (unpaired) electrons. The maximum Gasteiger partial charge on any atom is 0.156 e. The minimum Gasteiger partial charge on any atom is -0.381 e. The van der Waals surface area contributed by atoms with E-state index in [0.717, 1.165) is 25.8 Å². The molecule has 0 aromatic carbocycles. The number of hydrogen-bond acceptors (Lipinski definition) is 4. The highest BCUT2D eigenvalue weighted by Gasteiger charge is 2.39. The molecule has 1 aliphatic carbocycles. The summed E-state index contributed by atoms with van der Waals surface area (Å²) in [7, 11) is -2.93. The zero-order valence-corrected chi connectivity index (χ0v) is 11.3. The van der Waals surface area contributed by atoms with E-state index in [1.807, 2.05) is 0 Å². The predicted molar refractivity (Wildman–Crippen MR) is 67.9 cm³/mol. The molecule has 0 bridgehead atoms. The van der Waals surface area contributed by atoms with E-state index in [2.05, 4.69) is 12.2 Å². The van der Waals surface area contributed by atoms with Crippen LogP contribution in [0.3, 0.4) is 0 Å². The van der Waals surface area contributed by atoms with E-state index in [1.54, 1.807) is 0 Å². The largest absolute Gasteiger partial charge is 0.381 e. The topological polar surface area (TPSA) is 55.4 Å². The van der Waals surface area contributed by atoms with Gasteiger partial charge in [-0.25, -0.2) is 8.42 Å². The molecule has 2 atom stereocenters. The lowest BCUT2D eigenvalue weighted by Crippen LogP contribution is -2.36.